The molecule has 0 fully saturated rings. The van der Waals surface area contributed by atoms with E-state index in [1.807, 2.05) is 0 Å². The summed E-state index contributed by atoms with van der Waals surface area (Å²) in [7, 11) is 0. The Morgan fingerprint density at radius 3 is 2.40 bits per heavy atom. The molecule has 1 atom stereocenters. The SMILES string of the molecule is CCC(=O)[C@H](N)CC(=O)O. The first-order valence-electron chi connectivity index (χ1n) is 3.08. The molecule has 0 aliphatic heterocycles. The first-order valence-corrected chi connectivity index (χ1v) is 3.08. The molecular weight excluding hydrogens is 134 g/mol. The third kappa shape index (κ3) is 3.19. The van der Waals surface area contributed by atoms with Crippen molar-refractivity contribution >= 4 is 11.8 Å². The first kappa shape index (κ1) is 9.10. The molecule has 4 heteroatoms. The van der Waals surface area contributed by atoms with Gasteiger partial charge in [0, 0.05) is 6.42 Å². The zero-order valence-corrected chi connectivity index (χ0v) is 5.83. The fourth-order valence-electron chi connectivity index (χ4n) is 0.564. The van der Waals surface area contributed by atoms with Gasteiger partial charge in [-0.3, -0.25) is 9.59 Å². The second-order valence-corrected chi connectivity index (χ2v) is 2.02. The van der Waals surface area contributed by atoms with Crippen molar-refractivity contribution in [1.29, 1.82) is 0 Å². The zero-order chi connectivity index (χ0) is 8.15. The van der Waals surface area contributed by atoms with Crippen LogP contribution in [0, 0.1) is 0 Å². The first-order chi connectivity index (χ1) is 4.57. The summed E-state index contributed by atoms with van der Waals surface area (Å²) in [5, 5.41) is 8.20. The molecule has 0 aromatic rings. The molecule has 0 bridgehead atoms. The van der Waals surface area contributed by atoms with E-state index in [1.165, 1.54) is 0 Å². The predicted octanol–water partition coefficient (Wildman–Crippen LogP) is -0.233. The summed E-state index contributed by atoms with van der Waals surface area (Å²) in [6, 6.07) is -0.831. The third-order valence-corrected chi connectivity index (χ3v) is 1.16. The lowest BCUT2D eigenvalue weighted by Gasteiger charge is -2.03. The lowest BCUT2D eigenvalue weighted by atomic mass is 10.1. The van der Waals surface area contributed by atoms with Gasteiger partial charge >= 0.3 is 5.97 Å². The second-order valence-electron chi connectivity index (χ2n) is 2.02. The van der Waals surface area contributed by atoms with E-state index in [2.05, 4.69) is 0 Å². The van der Waals surface area contributed by atoms with E-state index in [0.29, 0.717) is 6.42 Å². The highest BCUT2D eigenvalue weighted by Gasteiger charge is 2.14. The number of carboxylic acids is 1. The average molecular weight is 145 g/mol. The molecule has 0 spiro atoms. The van der Waals surface area contributed by atoms with Gasteiger partial charge in [0.2, 0.25) is 0 Å². The minimum atomic E-state index is -1.03. The maximum absolute atomic E-state index is 10.7. The Kier molecular flexibility index (Phi) is 3.64. The molecule has 0 heterocycles. The van der Waals surface area contributed by atoms with Crippen LogP contribution in [0.5, 0.6) is 0 Å². The molecule has 0 saturated carbocycles. The molecule has 0 saturated heterocycles. The zero-order valence-electron chi connectivity index (χ0n) is 5.83. The van der Waals surface area contributed by atoms with Crippen LogP contribution < -0.4 is 5.73 Å². The van der Waals surface area contributed by atoms with Crippen LogP contribution in [0.25, 0.3) is 0 Å². The molecular formula is C6H11NO3. The molecule has 0 radical (unpaired) electrons. The Balaban J connectivity index is 3.72. The highest BCUT2D eigenvalue weighted by molar-refractivity contribution is 5.87. The minimum absolute atomic E-state index is 0.206. The van der Waals surface area contributed by atoms with Crippen LogP contribution in [-0.4, -0.2) is 22.9 Å². The van der Waals surface area contributed by atoms with Crippen molar-refractivity contribution in [2.24, 2.45) is 5.73 Å². The summed E-state index contributed by atoms with van der Waals surface area (Å²) in [5.41, 5.74) is 5.20. The van der Waals surface area contributed by atoms with Crippen LogP contribution in [0.3, 0.4) is 0 Å². The second kappa shape index (κ2) is 4.00. The Morgan fingerprint density at radius 2 is 2.10 bits per heavy atom. The summed E-state index contributed by atoms with van der Waals surface area (Å²) in [6.45, 7) is 1.66. The van der Waals surface area contributed by atoms with Gasteiger partial charge in [0.05, 0.1) is 12.5 Å². The van der Waals surface area contributed by atoms with E-state index < -0.39 is 12.0 Å². The number of carbonyl (C=O) groups is 2. The van der Waals surface area contributed by atoms with Gasteiger partial charge in [0.25, 0.3) is 0 Å². The molecule has 0 aromatic carbocycles. The van der Waals surface area contributed by atoms with Crippen molar-refractivity contribution in [3.8, 4) is 0 Å². The molecule has 4 nitrogen and oxygen atoms in total. The van der Waals surface area contributed by atoms with Crippen LogP contribution in [0.1, 0.15) is 19.8 Å². The summed E-state index contributed by atoms with van der Waals surface area (Å²) in [4.78, 5) is 20.7. The average Bonchev–Trinajstić information content (AvgIpc) is 1.85. The molecule has 0 aliphatic carbocycles. The predicted molar refractivity (Wildman–Crippen MR) is 35.5 cm³/mol. The normalized spacial score (nSPS) is 12.6. The Morgan fingerprint density at radius 1 is 1.60 bits per heavy atom. The van der Waals surface area contributed by atoms with Gasteiger partial charge in [-0.1, -0.05) is 6.92 Å². The minimum Gasteiger partial charge on any atom is -0.481 e. The molecule has 0 aromatic heterocycles. The number of ketones is 1. The molecule has 3 N–H and O–H groups in total. The van der Waals surface area contributed by atoms with E-state index in [9.17, 15) is 9.59 Å². The summed E-state index contributed by atoms with van der Waals surface area (Å²) >= 11 is 0. The number of Topliss-reactive ketones (excluding diaryl/α,β-unsaturated/α-hetero) is 1. The number of nitrogens with two attached hydrogens (primary N) is 1. The summed E-state index contributed by atoms with van der Waals surface area (Å²) in [5.74, 6) is -1.24. The van der Waals surface area contributed by atoms with Gasteiger partial charge in [-0.15, -0.1) is 0 Å². The fraction of sp³-hybridized carbons (Fsp3) is 0.667. The van der Waals surface area contributed by atoms with E-state index in [4.69, 9.17) is 10.8 Å². The van der Waals surface area contributed by atoms with Crippen LogP contribution >= 0.6 is 0 Å². The van der Waals surface area contributed by atoms with E-state index in [0.717, 1.165) is 0 Å². The summed E-state index contributed by atoms with van der Waals surface area (Å²) in [6.07, 6.45) is 0.0289. The van der Waals surface area contributed by atoms with Crippen molar-refractivity contribution in [1.82, 2.24) is 0 Å². The highest BCUT2D eigenvalue weighted by Crippen LogP contribution is 1.92. The van der Waals surface area contributed by atoms with E-state index in [1.54, 1.807) is 6.92 Å². The molecule has 0 aliphatic rings. The van der Waals surface area contributed by atoms with E-state index in [-0.39, 0.29) is 12.2 Å². The monoisotopic (exact) mass is 145 g/mol. The number of hydrogen-bond acceptors (Lipinski definition) is 3. The Labute approximate surface area is 59.0 Å². The standard InChI is InChI=1S/C6H11NO3/c1-2-5(8)4(7)3-6(9)10/h4H,2-3,7H2,1H3,(H,9,10)/t4-/m1/s1. The van der Waals surface area contributed by atoms with Crippen molar-refractivity contribution in [2.75, 3.05) is 0 Å². The van der Waals surface area contributed by atoms with Crippen LogP contribution in [-0.2, 0) is 9.59 Å². The van der Waals surface area contributed by atoms with Crippen LogP contribution in [0.15, 0.2) is 0 Å². The van der Waals surface area contributed by atoms with Crippen molar-refractivity contribution in [3.63, 3.8) is 0 Å². The Hall–Kier alpha value is -0.900. The van der Waals surface area contributed by atoms with Crippen molar-refractivity contribution in [2.45, 2.75) is 25.8 Å². The largest absolute Gasteiger partial charge is 0.481 e. The molecule has 10 heavy (non-hydrogen) atoms. The fourth-order valence-corrected chi connectivity index (χ4v) is 0.564. The molecule has 58 valence electrons. The van der Waals surface area contributed by atoms with Crippen LogP contribution in [0.4, 0.5) is 0 Å². The molecule has 0 rings (SSSR count). The lowest BCUT2D eigenvalue weighted by Crippen LogP contribution is -2.32. The topological polar surface area (TPSA) is 80.4 Å². The Bertz CT molecular complexity index is 144. The quantitative estimate of drug-likeness (QED) is 0.572. The number of aliphatic carboxylic acids is 1. The lowest BCUT2D eigenvalue weighted by molar-refractivity contribution is -0.139. The van der Waals surface area contributed by atoms with Gasteiger partial charge in [-0.25, -0.2) is 0 Å². The van der Waals surface area contributed by atoms with Gasteiger partial charge in [0.1, 0.15) is 5.78 Å². The van der Waals surface area contributed by atoms with Gasteiger partial charge < -0.3 is 10.8 Å². The van der Waals surface area contributed by atoms with Gasteiger partial charge in [-0.2, -0.15) is 0 Å². The summed E-state index contributed by atoms with van der Waals surface area (Å²) < 4.78 is 0. The van der Waals surface area contributed by atoms with Crippen molar-refractivity contribution in [3.05, 3.63) is 0 Å². The third-order valence-electron chi connectivity index (χ3n) is 1.16. The maximum atomic E-state index is 10.7. The van der Waals surface area contributed by atoms with Crippen LogP contribution in [0.2, 0.25) is 0 Å². The smallest absolute Gasteiger partial charge is 0.305 e. The van der Waals surface area contributed by atoms with E-state index >= 15 is 0 Å². The van der Waals surface area contributed by atoms with Gasteiger partial charge in [-0.05, 0) is 0 Å². The van der Waals surface area contributed by atoms with Gasteiger partial charge in [0.15, 0.2) is 0 Å². The molecule has 0 unspecified atom stereocenters. The number of hydrogen-bond donors (Lipinski definition) is 2. The number of carboxylic acid groups (broad SMARTS) is 1. The maximum Gasteiger partial charge on any atom is 0.305 e. The van der Waals surface area contributed by atoms with Crippen molar-refractivity contribution < 1.29 is 14.7 Å². The number of rotatable bonds is 4. The highest BCUT2D eigenvalue weighted by atomic mass is 16.4. The molecule has 0 amide bonds. The number of carbonyl (C=O) groups excluding carboxylic acids is 1.